The van der Waals surface area contributed by atoms with E-state index in [4.69, 9.17) is 5.84 Å². The zero-order chi connectivity index (χ0) is 14.0. The van der Waals surface area contributed by atoms with Crippen LogP contribution in [0.2, 0.25) is 0 Å². The highest BCUT2D eigenvalue weighted by atomic mass is 15.3. The molecular formula is C14H19N5. The van der Waals surface area contributed by atoms with E-state index in [1.54, 1.807) is 6.20 Å². The number of nitrogen functional groups attached to an aromatic ring is 1. The fourth-order valence-electron chi connectivity index (χ4n) is 1.62. The van der Waals surface area contributed by atoms with Gasteiger partial charge in [0.25, 0.3) is 0 Å². The standard InChI is InChI=1S/C14H19N5/c1-9-5-6-10(16-8-9)13-17-11(14(2,3)4)7-12(18-13)19-15/h5-8H,15H2,1-4H3,(H,17,18,19). The van der Waals surface area contributed by atoms with Gasteiger partial charge in [-0.25, -0.2) is 15.8 Å². The quantitative estimate of drug-likeness (QED) is 0.638. The first-order chi connectivity index (χ1) is 8.90. The molecule has 0 aliphatic heterocycles. The Morgan fingerprint density at radius 1 is 1.16 bits per heavy atom. The van der Waals surface area contributed by atoms with Crippen molar-refractivity contribution in [2.24, 2.45) is 5.84 Å². The highest BCUT2D eigenvalue weighted by Crippen LogP contribution is 2.24. The number of pyridine rings is 1. The molecule has 0 amide bonds. The van der Waals surface area contributed by atoms with Crippen LogP contribution in [0.3, 0.4) is 0 Å². The zero-order valence-electron chi connectivity index (χ0n) is 11.7. The third-order valence-electron chi connectivity index (χ3n) is 2.78. The van der Waals surface area contributed by atoms with Crippen molar-refractivity contribution in [3.05, 3.63) is 35.7 Å². The van der Waals surface area contributed by atoms with E-state index in [1.165, 1.54) is 0 Å². The van der Waals surface area contributed by atoms with Gasteiger partial charge in [-0.1, -0.05) is 26.8 Å². The summed E-state index contributed by atoms with van der Waals surface area (Å²) >= 11 is 0. The highest BCUT2D eigenvalue weighted by Gasteiger charge is 2.18. The molecule has 0 aromatic carbocycles. The molecule has 2 aromatic heterocycles. The largest absolute Gasteiger partial charge is 0.308 e. The van der Waals surface area contributed by atoms with Crippen molar-refractivity contribution in [2.75, 3.05) is 5.43 Å². The van der Waals surface area contributed by atoms with Gasteiger partial charge in [0.2, 0.25) is 0 Å². The van der Waals surface area contributed by atoms with Gasteiger partial charge in [-0.15, -0.1) is 0 Å². The maximum absolute atomic E-state index is 5.47. The number of nitrogens with one attached hydrogen (secondary N) is 1. The third-order valence-corrected chi connectivity index (χ3v) is 2.78. The van der Waals surface area contributed by atoms with Crippen LogP contribution in [0.25, 0.3) is 11.5 Å². The number of aromatic nitrogens is 3. The van der Waals surface area contributed by atoms with Crippen LogP contribution in [0.15, 0.2) is 24.4 Å². The fourth-order valence-corrected chi connectivity index (χ4v) is 1.62. The molecule has 0 saturated carbocycles. The van der Waals surface area contributed by atoms with Crippen molar-refractivity contribution in [2.45, 2.75) is 33.1 Å². The molecule has 0 unspecified atom stereocenters. The molecule has 0 bridgehead atoms. The number of hydrazine groups is 1. The summed E-state index contributed by atoms with van der Waals surface area (Å²) in [6, 6.07) is 5.76. The summed E-state index contributed by atoms with van der Waals surface area (Å²) in [5, 5.41) is 0. The van der Waals surface area contributed by atoms with Crippen LogP contribution in [0.4, 0.5) is 5.82 Å². The second-order valence-electron chi connectivity index (χ2n) is 5.58. The molecule has 2 heterocycles. The van der Waals surface area contributed by atoms with Gasteiger partial charge in [0.1, 0.15) is 11.5 Å². The Kier molecular flexibility index (Phi) is 3.48. The third kappa shape index (κ3) is 3.06. The molecule has 5 heteroatoms. The molecule has 5 nitrogen and oxygen atoms in total. The zero-order valence-corrected chi connectivity index (χ0v) is 11.7. The van der Waals surface area contributed by atoms with Gasteiger partial charge in [0, 0.05) is 17.7 Å². The van der Waals surface area contributed by atoms with E-state index < -0.39 is 0 Å². The molecule has 2 rings (SSSR count). The summed E-state index contributed by atoms with van der Waals surface area (Å²) in [5.74, 6) is 6.65. The van der Waals surface area contributed by atoms with E-state index in [1.807, 2.05) is 25.1 Å². The van der Waals surface area contributed by atoms with Crippen molar-refractivity contribution in [3.63, 3.8) is 0 Å². The van der Waals surface area contributed by atoms with Gasteiger partial charge in [0.15, 0.2) is 5.82 Å². The van der Waals surface area contributed by atoms with E-state index in [0.717, 1.165) is 17.0 Å². The lowest BCUT2D eigenvalue weighted by atomic mass is 9.92. The number of rotatable bonds is 2. The van der Waals surface area contributed by atoms with E-state index in [2.05, 4.69) is 41.1 Å². The molecule has 100 valence electrons. The summed E-state index contributed by atoms with van der Waals surface area (Å²) in [4.78, 5) is 13.3. The van der Waals surface area contributed by atoms with Crippen molar-refractivity contribution in [3.8, 4) is 11.5 Å². The molecule has 0 saturated heterocycles. The van der Waals surface area contributed by atoms with E-state index >= 15 is 0 Å². The molecule has 0 aliphatic carbocycles. The molecule has 0 atom stereocenters. The maximum Gasteiger partial charge on any atom is 0.180 e. The maximum atomic E-state index is 5.47. The topological polar surface area (TPSA) is 76.7 Å². The van der Waals surface area contributed by atoms with E-state index in [9.17, 15) is 0 Å². The SMILES string of the molecule is Cc1ccc(-c2nc(NN)cc(C(C)(C)C)n2)nc1. The van der Waals surface area contributed by atoms with Gasteiger partial charge in [-0.3, -0.25) is 4.98 Å². The molecule has 0 radical (unpaired) electrons. The van der Waals surface area contributed by atoms with Gasteiger partial charge in [-0.05, 0) is 18.6 Å². The van der Waals surface area contributed by atoms with Gasteiger partial charge < -0.3 is 5.43 Å². The number of nitrogens with two attached hydrogens (primary N) is 1. The fraction of sp³-hybridized carbons (Fsp3) is 0.357. The Morgan fingerprint density at radius 2 is 1.89 bits per heavy atom. The molecule has 0 spiro atoms. The molecular weight excluding hydrogens is 238 g/mol. The minimum Gasteiger partial charge on any atom is -0.308 e. The van der Waals surface area contributed by atoms with Crippen LogP contribution in [0.1, 0.15) is 32.0 Å². The first kappa shape index (κ1) is 13.4. The lowest BCUT2D eigenvalue weighted by Crippen LogP contribution is -2.17. The van der Waals surface area contributed by atoms with Crippen LogP contribution >= 0.6 is 0 Å². The first-order valence-electron chi connectivity index (χ1n) is 6.19. The summed E-state index contributed by atoms with van der Waals surface area (Å²) in [6.45, 7) is 8.29. The number of aryl methyl sites for hydroxylation is 1. The Morgan fingerprint density at radius 3 is 2.42 bits per heavy atom. The number of anilines is 1. The smallest absolute Gasteiger partial charge is 0.180 e. The van der Waals surface area contributed by atoms with Crippen molar-refractivity contribution < 1.29 is 0 Å². The van der Waals surface area contributed by atoms with Crippen molar-refractivity contribution in [1.29, 1.82) is 0 Å². The summed E-state index contributed by atoms with van der Waals surface area (Å²) in [5.41, 5.74) is 5.28. The van der Waals surface area contributed by atoms with Crippen LogP contribution in [0.5, 0.6) is 0 Å². The van der Waals surface area contributed by atoms with Crippen molar-refractivity contribution >= 4 is 5.82 Å². The second-order valence-corrected chi connectivity index (χ2v) is 5.58. The van der Waals surface area contributed by atoms with Gasteiger partial charge in [0.05, 0.1) is 5.69 Å². The number of hydrogen-bond donors (Lipinski definition) is 2. The van der Waals surface area contributed by atoms with Gasteiger partial charge in [-0.2, -0.15) is 0 Å². The van der Waals surface area contributed by atoms with Gasteiger partial charge >= 0.3 is 0 Å². The normalized spacial score (nSPS) is 11.4. The first-order valence-corrected chi connectivity index (χ1v) is 6.19. The highest BCUT2D eigenvalue weighted by molar-refractivity contribution is 5.53. The summed E-state index contributed by atoms with van der Waals surface area (Å²) in [7, 11) is 0. The van der Waals surface area contributed by atoms with E-state index in [-0.39, 0.29) is 5.41 Å². The minimum absolute atomic E-state index is 0.0754. The monoisotopic (exact) mass is 257 g/mol. The lowest BCUT2D eigenvalue weighted by Gasteiger charge is -2.19. The predicted molar refractivity (Wildman–Crippen MR) is 76.5 cm³/mol. The van der Waals surface area contributed by atoms with Crippen molar-refractivity contribution in [1.82, 2.24) is 15.0 Å². The molecule has 3 N–H and O–H groups in total. The molecule has 0 fully saturated rings. The average Bonchev–Trinajstić information content (AvgIpc) is 2.38. The van der Waals surface area contributed by atoms with Crippen LogP contribution in [-0.4, -0.2) is 15.0 Å². The Balaban J connectivity index is 2.54. The van der Waals surface area contributed by atoms with Crippen LogP contribution in [-0.2, 0) is 5.41 Å². The number of nitrogens with zero attached hydrogens (tertiary/aromatic N) is 3. The average molecular weight is 257 g/mol. The molecule has 2 aromatic rings. The predicted octanol–water partition coefficient (Wildman–Crippen LogP) is 2.43. The van der Waals surface area contributed by atoms with E-state index in [0.29, 0.717) is 11.6 Å². The molecule has 0 aliphatic rings. The Labute approximate surface area is 113 Å². The molecule has 19 heavy (non-hydrogen) atoms. The Bertz CT molecular complexity index is 569. The summed E-state index contributed by atoms with van der Waals surface area (Å²) in [6.07, 6.45) is 1.80. The second kappa shape index (κ2) is 4.93. The van der Waals surface area contributed by atoms with Crippen LogP contribution < -0.4 is 11.3 Å². The Hall–Kier alpha value is -2.01. The number of hydrogen-bond acceptors (Lipinski definition) is 5. The minimum atomic E-state index is -0.0754. The lowest BCUT2D eigenvalue weighted by molar-refractivity contribution is 0.568. The summed E-state index contributed by atoms with van der Waals surface area (Å²) < 4.78 is 0. The van der Waals surface area contributed by atoms with Crippen LogP contribution in [0, 0.1) is 6.92 Å².